The molecular weight excluding hydrogens is 330 g/mol. The van der Waals surface area contributed by atoms with Gasteiger partial charge in [-0.25, -0.2) is 12.7 Å². The van der Waals surface area contributed by atoms with Crippen molar-refractivity contribution in [2.45, 2.75) is 25.7 Å². The molecule has 0 spiro atoms. The second-order valence-corrected chi connectivity index (χ2v) is 8.04. The molecule has 8 heteroatoms. The van der Waals surface area contributed by atoms with Crippen LogP contribution in [0.25, 0.3) is 11.4 Å². The summed E-state index contributed by atoms with van der Waals surface area (Å²) < 4.78 is 36.3. The lowest BCUT2D eigenvalue weighted by Crippen LogP contribution is -2.39. The molecule has 130 valence electrons. The third-order valence-electron chi connectivity index (χ3n) is 4.26. The average Bonchev–Trinajstić information content (AvgIpc) is 3.12. The summed E-state index contributed by atoms with van der Waals surface area (Å²) in [5.41, 5.74) is 0.804. The van der Waals surface area contributed by atoms with Crippen molar-refractivity contribution in [3.63, 3.8) is 0 Å². The Hall–Kier alpha value is -1.93. The number of ether oxygens (including phenoxy) is 1. The second-order valence-electron chi connectivity index (χ2n) is 5.79. The quantitative estimate of drug-likeness (QED) is 0.821. The third kappa shape index (κ3) is 3.44. The van der Waals surface area contributed by atoms with Crippen LogP contribution in [0.15, 0.2) is 28.8 Å². The molecule has 0 amide bonds. The van der Waals surface area contributed by atoms with E-state index in [9.17, 15) is 8.42 Å². The standard InChI is InChI=1S/C16H21N3O4S/c1-3-24(20,21)19-9-5-7-13(11-19)16-17-15(18-23-16)12-6-4-8-14(10-12)22-2/h4,6,8,10,13H,3,5,7,9,11H2,1-2H3/t13-/m0/s1. The van der Waals surface area contributed by atoms with Gasteiger partial charge >= 0.3 is 0 Å². The molecule has 0 saturated carbocycles. The Kier molecular flexibility index (Phi) is 4.86. The van der Waals surface area contributed by atoms with Crippen molar-refractivity contribution in [1.82, 2.24) is 14.4 Å². The van der Waals surface area contributed by atoms with Gasteiger partial charge in [-0.05, 0) is 31.9 Å². The molecule has 0 bridgehead atoms. The monoisotopic (exact) mass is 351 g/mol. The van der Waals surface area contributed by atoms with E-state index in [4.69, 9.17) is 9.26 Å². The lowest BCUT2D eigenvalue weighted by Gasteiger charge is -2.29. The molecule has 7 nitrogen and oxygen atoms in total. The number of nitrogens with zero attached hydrogens (tertiary/aromatic N) is 3. The van der Waals surface area contributed by atoms with Crippen LogP contribution in [-0.2, 0) is 10.0 Å². The summed E-state index contributed by atoms with van der Waals surface area (Å²) in [6.45, 7) is 2.62. The molecule has 1 saturated heterocycles. The van der Waals surface area contributed by atoms with Crippen LogP contribution >= 0.6 is 0 Å². The van der Waals surface area contributed by atoms with E-state index >= 15 is 0 Å². The molecule has 1 aliphatic heterocycles. The van der Waals surface area contributed by atoms with Crippen molar-refractivity contribution in [3.05, 3.63) is 30.2 Å². The first-order valence-corrected chi connectivity index (χ1v) is 9.60. The van der Waals surface area contributed by atoms with Gasteiger partial charge < -0.3 is 9.26 Å². The summed E-state index contributed by atoms with van der Waals surface area (Å²) >= 11 is 0. The van der Waals surface area contributed by atoms with Gasteiger partial charge in [-0.2, -0.15) is 4.98 Å². The number of hydrogen-bond donors (Lipinski definition) is 0. The molecule has 0 aliphatic carbocycles. The number of benzene rings is 1. The van der Waals surface area contributed by atoms with Crippen molar-refractivity contribution < 1.29 is 17.7 Å². The van der Waals surface area contributed by atoms with Gasteiger partial charge in [-0.1, -0.05) is 17.3 Å². The molecule has 1 aromatic carbocycles. The zero-order valence-corrected chi connectivity index (χ0v) is 14.6. The highest BCUT2D eigenvalue weighted by atomic mass is 32.2. The van der Waals surface area contributed by atoms with E-state index < -0.39 is 10.0 Å². The fourth-order valence-electron chi connectivity index (χ4n) is 2.86. The topological polar surface area (TPSA) is 85.5 Å². The third-order valence-corrected chi connectivity index (χ3v) is 6.11. The van der Waals surface area contributed by atoms with Crippen LogP contribution < -0.4 is 4.74 Å². The smallest absolute Gasteiger partial charge is 0.231 e. The molecule has 2 aromatic rings. The minimum absolute atomic E-state index is 0.0630. The van der Waals surface area contributed by atoms with Crippen LogP contribution in [0, 0.1) is 0 Å². The minimum atomic E-state index is -3.19. The van der Waals surface area contributed by atoms with Crippen LogP contribution in [-0.4, -0.2) is 48.8 Å². The van der Waals surface area contributed by atoms with E-state index in [-0.39, 0.29) is 11.7 Å². The van der Waals surface area contributed by atoms with E-state index in [2.05, 4.69) is 10.1 Å². The maximum atomic E-state index is 12.1. The number of rotatable bonds is 5. The molecule has 1 atom stereocenters. The maximum Gasteiger partial charge on any atom is 0.231 e. The molecular formula is C16H21N3O4S. The van der Waals surface area contributed by atoms with E-state index in [0.717, 1.165) is 24.2 Å². The van der Waals surface area contributed by atoms with Crippen LogP contribution in [0.5, 0.6) is 5.75 Å². The van der Waals surface area contributed by atoms with Crippen molar-refractivity contribution in [2.24, 2.45) is 0 Å². The predicted molar refractivity (Wildman–Crippen MR) is 89.3 cm³/mol. The van der Waals surface area contributed by atoms with Gasteiger partial charge in [0.05, 0.1) is 18.8 Å². The number of sulfonamides is 1. The molecule has 3 rings (SSSR count). The van der Waals surface area contributed by atoms with Gasteiger partial charge in [-0.3, -0.25) is 0 Å². The van der Waals surface area contributed by atoms with E-state index in [1.807, 2.05) is 24.3 Å². The first-order chi connectivity index (χ1) is 11.5. The van der Waals surface area contributed by atoms with E-state index in [1.165, 1.54) is 4.31 Å². The van der Waals surface area contributed by atoms with Crippen molar-refractivity contribution >= 4 is 10.0 Å². The Morgan fingerprint density at radius 2 is 2.25 bits per heavy atom. The van der Waals surface area contributed by atoms with Crippen molar-refractivity contribution in [3.8, 4) is 17.1 Å². The van der Waals surface area contributed by atoms with Crippen molar-refractivity contribution in [2.75, 3.05) is 26.0 Å². The highest BCUT2D eigenvalue weighted by Gasteiger charge is 2.31. The lowest BCUT2D eigenvalue weighted by atomic mass is 10.00. The normalized spacial score (nSPS) is 19.3. The fourth-order valence-corrected chi connectivity index (χ4v) is 4.04. The van der Waals surface area contributed by atoms with E-state index in [0.29, 0.717) is 24.8 Å². The highest BCUT2D eigenvalue weighted by molar-refractivity contribution is 7.89. The Morgan fingerprint density at radius 1 is 1.42 bits per heavy atom. The van der Waals surface area contributed by atoms with Gasteiger partial charge in [0.1, 0.15) is 5.75 Å². The number of hydrogen-bond acceptors (Lipinski definition) is 6. The Bertz CT molecular complexity index is 803. The summed E-state index contributed by atoms with van der Waals surface area (Å²) in [5.74, 6) is 1.74. The Labute approximate surface area is 141 Å². The van der Waals surface area contributed by atoms with Gasteiger partial charge in [0, 0.05) is 18.7 Å². The van der Waals surface area contributed by atoms with Crippen LogP contribution in [0.3, 0.4) is 0 Å². The van der Waals surface area contributed by atoms with Crippen LogP contribution in [0.1, 0.15) is 31.6 Å². The van der Waals surface area contributed by atoms with Crippen LogP contribution in [0.4, 0.5) is 0 Å². The zero-order valence-electron chi connectivity index (χ0n) is 13.8. The van der Waals surface area contributed by atoms with Gasteiger partial charge in [0.2, 0.25) is 21.7 Å². The summed E-state index contributed by atoms with van der Waals surface area (Å²) in [7, 11) is -1.59. The number of aromatic nitrogens is 2. The first kappa shape index (κ1) is 16.9. The van der Waals surface area contributed by atoms with Crippen molar-refractivity contribution in [1.29, 1.82) is 0 Å². The summed E-state index contributed by atoms with van der Waals surface area (Å²) in [6.07, 6.45) is 1.64. The maximum absolute atomic E-state index is 12.1. The summed E-state index contributed by atoms with van der Waals surface area (Å²) in [4.78, 5) is 4.47. The summed E-state index contributed by atoms with van der Waals surface area (Å²) in [5, 5.41) is 4.03. The molecule has 1 aromatic heterocycles. The molecule has 0 unspecified atom stereocenters. The average molecular weight is 351 g/mol. The first-order valence-electron chi connectivity index (χ1n) is 7.99. The number of methoxy groups -OCH3 is 1. The molecule has 0 radical (unpaired) electrons. The molecule has 1 aliphatic rings. The largest absolute Gasteiger partial charge is 0.497 e. The predicted octanol–water partition coefficient (Wildman–Crippen LogP) is 2.27. The highest BCUT2D eigenvalue weighted by Crippen LogP contribution is 2.29. The Balaban J connectivity index is 1.80. The lowest BCUT2D eigenvalue weighted by molar-refractivity contribution is 0.266. The van der Waals surface area contributed by atoms with Gasteiger partial charge in [0.15, 0.2) is 0 Å². The molecule has 1 fully saturated rings. The molecule has 2 heterocycles. The second kappa shape index (κ2) is 6.90. The fraction of sp³-hybridized carbons (Fsp3) is 0.500. The summed E-state index contributed by atoms with van der Waals surface area (Å²) in [6, 6.07) is 7.43. The van der Waals surface area contributed by atoms with E-state index in [1.54, 1.807) is 14.0 Å². The zero-order chi connectivity index (χ0) is 17.2. The Morgan fingerprint density at radius 3 is 3.00 bits per heavy atom. The van der Waals surface area contributed by atoms with Gasteiger partial charge in [-0.15, -0.1) is 0 Å². The molecule has 24 heavy (non-hydrogen) atoms. The number of piperidine rings is 1. The van der Waals surface area contributed by atoms with Crippen LogP contribution in [0.2, 0.25) is 0 Å². The van der Waals surface area contributed by atoms with Gasteiger partial charge in [0.25, 0.3) is 0 Å². The SMILES string of the molecule is CCS(=O)(=O)N1CCC[C@H](c2nc(-c3cccc(OC)c3)no2)C1. The molecule has 0 N–H and O–H groups in total. The minimum Gasteiger partial charge on any atom is -0.497 e.